The van der Waals surface area contributed by atoms with Gasteiger partial charge in [0.15, 0.2) is 18.2 Å². The van der Waals surface area contributed by atoms with Gasteiger partial charge in [-0.05, 0) is 68.3 Å². The Morgan fingerprint density at radius 2 is 1.52 bits per heavy atom. The van der Waals surface area contributed by atoms with Crippen molar-refractivity contribution in [2.45, 2.75) is 39.5 Å². The third-order valence-electron chi connectivity index (χ3n) is 4.39. The lowest BCUT2D eigenvalue weighted by molar-refractivity contribution is -0.142. The molecule has 2 aromatic carbocycles. The van der Waals surface area contributed by atoms with Gasteiger partial charge in [0.05, 0.1) is 6.61 Å². The second-order valence-corrected chi connectivity index (χ2v) is 6.99. The topological polar surface area (TPSA) is 98.8 Å². The molecule has 164 valence electrons. The number of hydrogen-bond acceptors (Lipinski definition) is 6. The second-order valence-electron chi connectivity index (χ2n) is 6.99. The van der Waals surface area contributed by atoms with Crippen molar-refractivity contribution in [3.63, 3.8) is 0 Å². The Labute approximate surface area is 181 Å². The van der Waals surface area contributed by atoms with Gasteiger partial charge in [-0.3, -0.25) is 19.2 Å². The number of amides is 1. The molecule has 1 amide bonds. The molecule has 0 atom stereocenters. The summed E-state index contributed by atoms with van der Waals surface area (Å²) in [5.41, 5.74) is 1.62. The van der Waals surface area contributed by atoms with E-state index < -0.39 is 5.97 Å². The van der Waals surface area contributed by atoms with Crippen molar-refractivity contribution in [1.82, 2.24) is 0 Å². The molecule has 1 N–H and O–H groups in total. The van der Waals surface area contributed by atoms with Crippen molar-refractivity contribution < 1.29 is 28.7 Å². The fourth-order valence-electron chi connectivity index (χ4n) is 2.68. The lowest BCUT2D eigenvalue weighted by atomic mass is 10.1. The minimum Gasteiger partial charge on any atom is -0.494 e. The van der Waals surface area contributed by atoms with Gasteiger partial charge < -0.3 is 14.8 Å². The molecule has 0 aliphatic rings. The molecule has 0 saturated carbocycles. The molecule has 0 bridgehead atoms. The number of rotatable bonds is 12. The number of nitrogens with one attached hydrogen (secondary N) is 1. The fraction of sp³-hybridized carbons (Fsp3) is 0.333. The zero-order chi connectivity index (χ0) is 22.6. The fourth-order valence-corrected chi connectivity index (χ4v) is 2.68. The molecule has 0 saturated heterocycles. The Morgan fingerprint density at radius 3 is 2.13 bits per heavy atom. The molecule has 31 heavy (non-hydrogen) atoms. The van der Waals surface area contributed by atoms with Gasteiger partial charge in [0.25, 0.3) is 0 Å². The molecule has 2 rings (SSSR count). The van der Waals surface area contributed by atoms with Crippen molar-refractivity contribution in [2.24, 2.45) is 0 Å². The predicted octanol–water partition coefficient (Wildman–Crippen LogP) is 4.21. The van der Waals surface area contributed by atoms with E-state index in [2.05, 4.69) is 5.32 Å². The molecule has 0 aliphatic carbocycles. The van der Waals surface area contributed by atoms with Gasteiger partial charge in [0, 0.05) is 29.7 Å². The van der Waals surface area contributed by atoms with E-state index in [1.165, 1.54) is 6.92 Å². The van der Waals surface area contributed by atoms with E-state index in [4.69, 9.17) is 9.47 Å². The van der Waals surface area contributed by atoms with Gasteiger partial charge in [0.2, 0.25) is 5.91 Å². The maximum Gasteiger partial charge on any atom is 0.306 e. The van der Waals surface area contributed by atoms with Crippen molar-refractivity contribution in [2.75, 3.05) is 18.5 Å². The van der Waals surface area contributed by atoms with Crippen LogP contribution < -0.4 is 10.1 Å². The third-order valence-corrected chi connectivity index (χ3v) is 4.39. The van der Waals surface area contributed by atoms with Crippen LogP contribution in [0, 0.1) is 0 Å². The molecule has 0 heterocycles. The normalized spacial score (nSPS) is 10.3. The van der Waals surface area contributed by atoms with Crippen LogP contribution in [0.15, 0.2) is 48.5 Å². The average Bonchev–Trinajstić information content (AvgIpc) is 2.76. The van der Waals surface area contributed by atoms with Crippen LogP contribution in [0.2, 0.25) is 0 Å². The van der Waals surface area contributed by atoms with Crippen LogP contribution in [0.4, 0.5) is 5.69 Å². The molecule has 7 heteroatoms. The van der Waals surface area contributed by atoms with Crippen LogP contribution in [0.5, 0.6) is 5.75 Å². The number of ketones is 2. The number of esters is 1. The van der Waals surface area contributed by atoms with E-state index in [0.29, 0.717) is 42.0 Å². The molecule has 0 aromatic heterocycles. The van der Waals surface area contributed by atoms with Crippen molar-refractivity contribution in [3.8, 4) is 5.75 Å². The summed E-state index contributed by atoms with van der Waals surface area (Å²) in [5, 5.41) is 2.74. The first-order valence-corrected chi connectivity index (χ1v) is 10.2. The number of Topliss-reactive ketones (excluding diaryl/α,β-unsaturated/α-hetero) is 2. The summed E-state index contributed by atoms with van der Waals surface area (Å²) in [6.45, 7) is 3.39. The van der Waals surface area contributed by atoms with Crippen LogP contribution >= 0.6 is 0 Å². The summed E-state index contributed by atoms with van der Waals surface area (Å²) in [6, 6.07) is 13.2. The van der Waals surface area contributed by atoms with Crippen molar-refractivity contribution in [3.05, 3.63) is 59.7 Å². The quantitative estimate of drug-likeness (QED) is 0.311. The molecule has 2 aromatic rings. The molecule has 0 fully saturated rings. The third kappa shape index (κ3) is 8.42. The summed E-state index contributed by atoms with van der Waals surface area (Å²) in [5.74, 6) is -0.275. The minimum absolute atomic E-state index is 0.0153. The van der Waals surface area contributed by atoms with Gasteiger partial charge in [0.1, 0.15) is 5.75 Å². The predicted molar refractivity (Wildman–Crippen MR) is 116 cm³/mol. The van der Waals surface area contributed by atoms with E-state index in [1.54, 1.807) is 48.5 Å². The van der Waals surface area contributed by atoms with Crippen LogP contribution in [0.25, 0.3) is 0 Å². The Kier molecular flexibility index (Phi) is 9.42. The van der Waals surface area contributed by atoms with Gasteiger partial charge in [-0.15, -0.1) is 0 Å². The largest absolute Gasteiger partial charge is 0.494 e. The number of benzene rings is 2. The lowest BCUT2D eigenvalue weighted by Crippen LogP contribution is -2.15. The molecule has 7 nitrogen and oxygen atoms in total. The van der Waals surface area contributed by atoms with Gasteiger partial charge in [-0.2, -0.15) is 0 Å². The van der Waals surface area contributed by atoms with Crippen LogP contribution in [-0.2, 0) is 14.3 Å². The molecular formula is C24H27NO6. The van der Waals surface area contributed by atoms with E-state index in [1.807, 2.05) is 6.92 Å². The van der Waals surface area contributed by atoms with Crippen LogP contribution in [0.3, 0.4) is 0 Å². The smallest absolute Gasteiger partial charge is 0.306 e. The first-order chi connectivity index (χ1) is 14.9. The van der Waals surface area contributed by atoms with Crippen molar-refractivity contribution >= 4 is 29.1 Å². The maximum atomic E-state index is 12.2. The standard InChI is InChI=1S/C24H27NO6/c1-3-5-23(28)25-20-11-7-19(8-12-20)22(27)16-31-24(29)6-4-15-30-21-13-9-18(10-14-21)17(2)26/h7-14H,3-6,15-16H2,1-2H3,(H,25,28). The van der Waals surface area contributed by atoms with E-state index >= 15 is 0 Å². The molecule has 0 aliphatic heterocycles. The summed E-state index contributed by atoms with van der Waals surface area (Å²) >= 11 is 0. The summed E-state index contributed by atoms with van der Waals surface area (Å²) in [4.78, 5) is 46.8. The highest BCUT2D eigenvalue weighted by Gasteiger charge is 2.11. The summed E-state index contributed by atoms with van der Waals surface area (Å²) in [6.07, 6.45) is 1.76. The highest BCUT2D eigenvalue weighted by atomic mass is 16.5. The van der Waals surface area contributed by atoms with E-state index in [-0.39, 0.29) is 30.5 Å². The van der Waals surface area contributed by atoms with Crippen LogP contribution in [0.1, 0.15) is 60.2 Å². The van der Waals surface area contributed by atoms with Gasteiger partial charge in [-0.25, -0.2) is 0 Å². The monoisotopic (exact) mass is 425 g/mol. The average molecular weight is 425 g/mol. The Balaban J connectivity index is 1.66. The van der Waals surface area contributed by atoms with Crippen molar-refractivity contribution in [1.29, 1.82) is 0 Å². The number of anilines is 1. The second kappa shape index (κ2) is 12.3. The zero-order valence-corrected chi connectivity index (χ0v) is 17.8. The summed E-state index contributed by atoms with van der Waals surface area (Å²) in [7, 11) is 0. The highest BCUT2D eigenvalue weighted by molar-refractivity contribution is 5.98. The highest BCUT2D eigenvalue weighted by Crippen LogP contribution is 2.14. The van der Waals surface area contributed by atoms with E-state index in [0.717, 1.165) is 6.42 Å². The number of carbonyl (C=O) groups excluding carboxylic acids is 4. The van der Waals surface area contributed by atoms with Crippen LogP contribution in [-0.4, -0.2) is 36.7 Å². The molecule has 0 radical (unpaired) electrons. The minimum atomic E-state index is -0.479. The Hall–Kier alpha value is -3.48. The molecular weight excluding hydrogens is 398 g/mol. The number of hydrogen-bond donors (Lipinski definition) is 1. The maximum absolute atomic E-state index is 12.2. The lowest BCUT2D eigenvalue weighted by Gasteiger charge is -2.08. The molecule has 0 spiro atoms. The number of ether oxygens (including phenoxy) is 2. The van der Waals surface area contributed by atoms with E-state index in [9.17, 15) is 19.2 Å². The Morgan fingerprint density at radius 1 is 0.871 bits per heavy atom. The zero-order valence-electron chi connectivity index (χ0n) is 17.8. The first kappa shape index (κ1) is 23.8. The van der Waals surface area contributed by atoms with Gasteiger partial charge >= 0.3 is 5.97 Å². The number of carbonyl (C=O) groups is 4. The van der Waals surface area contributed by atoms with Gasteiger partial charge in [-0.1, -0.05) is 6.92 Å². The molecule has 0 unspecified atom stereocenters. The SMILES string of the molecule is CCCC(=O)Nc1ccc(C(=O)COC(=O)CCCOc2ccc(C(C)=O)cc2)cc1. The summed E-state index contributed by atoms with van der Waals surface area (Å²) < 4.78 is 10.6. The first-order valence-electron chi connectivity index (χ1n) is 10.2. The Bertz CT molecular complexity index is 903.